The molecule has 1 atom stereocenters. The van der Waals surface area contributed by atoms with Crippen molar-refractivity contribution in [3.8, 4) is 0 Å². The van der Waals surface area contributed by atoms with Crippen molar-refractivity contribution in [2.45, 2.75) is 32.7 Å². The third-order valence-corrected chi connectivity index (χ3v) is 3.20. The van der Waals surface area contributed by atoms with E-state index in [1.165, 1.54) is 18.3 Å². The van der Waals surface area contributed by atoms with Gasteiger partial charge >= 0.3 is 0 Å². The summed E-state index contributed by atoms with van der Waals surface area (Å²) in [6.45, 7) is 3.78. The molecule has 0 aliphatic carbocycles. The third-order valence-electron chi connectivity index (χ3n) is 3.20. The lowest BCUT2D eigenvalue weighted by Gasteiger charge is -2.18. The van der Waals surface area contributed by atoms with E-state index < -0.39 is 18.2 Å². The molecule has 2 aromatic rings. The quantitative estimate of drug-likeness (QED) is 0.852. The number of pyridine rings is 1. The molecule has 2 heterocycles. The maximum atomic E-state index is 12.8. The summed E-state index contributed by atoms with van der Waals surface area (Å²) in [7, 11) is 0. The van der Waals surface area contributed by atoms with E-state index in [1.54, 1.807) is 0 Å². The Bertz CT molecular complexity index is 657. The van der Waals surface area contributed by atoms with E-state index in [2.05, 4.69) is 15.5 Å². The van der Waals surface area contributed by atoms with Gasteiger partial charge in [-0.1, -0.05) is 13.8 Å². The average Bonchev–Trinajstić information content (AvgIpc) is 2.88. The van der Waals surface area contributed by atoms with Gasteiger partial charge in [0, 0.05) is 6.20 Å². The van der Waals surface area contributed by atoms with Gasteiger partial charge in [-0.2, -0.15) is 0 Å². The molecule has 0 radical (unpaired) electrons. The number of aliphatic hydroxyl groups is 1. The van der Waals surface area contributed by atoms with Crippen LogP contribution in [0.25, 0.3) is 5.65 Å². The Morgan fingerprint density at radius 2 is 2.09 bits per heavy atom. The zero-order chi connectivity index (χ0) is 16.3. The predicted molar refractivity (Wildman–Crippen MR) is 75.7 cm³/mol. The second-order valence-corrected chi connectivity index (χ2v) is 5.49. The van der Waals surface area contributed by atoms with Crippen LogP contribution in [-0.4, -0.2) is 38.3 Å². The highest BCUT2D eigenvalue weighted by atomic mass is 19.3. The van der Waals surface area contributed by atoms with E-state index >= 15 is 0 Å². The summed E-state index contributed by atoms with van der Waals surface area (Å²) in [6, 6.07) is 2.56. The van der Waals surface area contributed by atoms with Crippen LogP contribution < -0.4 is 5.32 Å². The van der Waals surface area contributed by atoms with E-state index in [0.29, 0.717) is 12.3 Å². The van der Waals surface area contributed by atoms with Gasteiger partial charge in [-0.05, 0) is 24.5 Å². The van der Waals surface area contributed by atoms with Gasteiger partial charge in [0.1, 0.15) is 0 Å². The van der Waals surface area contributed by atoms with Crippen LogP contribution in [0.1, 0.15) is 42.9 Å². The lowest BCUT2D eigenvalue weighted by molar-refractivity contribution is 0.0907. The highest BCUT2D eigenvalue weighted by Crippen LogP contribution is 2.18. The normalized spacial score (nSPS) is 13.0. The van der Waals surface area contributed by atoms with Crippen molar-refractivity contribution in [3.63, 3.8) is 0 Å². The molecule has 2 N–H and O–H groups in total. The van der Waals surface area contributed by atoms with Crippen LogP contribution in [0.15, 0.2) is 18.3 Å². The summed E-state index contributed by atoms with van der Waals surface area (Å²) in [4.78, 5) is 12.2. The van der Waals surface area contributed by atoms with Crippen molar-refractivity contribution in [1.82, 2.24) is 19.9 Å². The minimum Gasteiger partial charge on any atom is -0.394 e. The first-order valence-corrected chi connectivity index (χ1v) is 6.97. The van der Waals surface area contributed by atoms with Gasteiger partial charge in [0.25, 0.3) is 12.3 Å². The number of fused-ring (bicyclic) bond motifs is 1. The van der Waals surface area contributed by atoms with Gasteiger partial charge in [-0.3, -0.25) is 9.20 Å². The summed E-state index contributed by atoms with van der Waals surface area (Å²) in [6.07, 6.45) is -0.880. The van der Waals surface area contributed by atoms with Crippen molar-refractivity contribution in [2.24, 2.45) is 5.92 Å². The van der Waals surface area contributed by atoms with Crippen LogP contribution >= 0.6 is 0 Å². The number of aliphatic hydroxyl groups excluding tert-OH is 1. The first kappa shape index (κ1) is 16.3. The maximum Gasteiger partial charge on any atom is 0.297 e. The highest BCUT2D eigenvalue weighted by Gasteiger charge is 2.18. The monoisotopic (exact) mass is 312 g/mol. The molecule has 22 heavy (non-hydrogen) atoms. The summed E-state index contributed by atoms with van der Waals surface area (Å²) >= 11 is 0. The van der Waals surface area contributed by atoms with Crippen molar-refractivity contribution < 1.29 is 18.7 Å². The fourth-order valence-electron chi connectivity index (χ4n) is 2.21. The zero-order valence-electron chi connectivity index (χ0n) is 12.3. The number of hydrogen-bond donors (Lipinski definition) is 2. The molecule has 0 aliphatic heterocycles. The Morgan fingerprint density at radius 3 is 2.68 bits per heavy atom. The standard InChI is InChI=1S/C14H18F2N4O2/c1-8(2)5-10(7-21)17-14(22)9-3-4-11-18-19-13(12(15)16)20(11)6-9/h3-4,6,8,10,12,21H,5,7H2,1-2H3,(H,17,22). The van der Waals surface area contributed by atoms with Crippen molar-refractivity contribution in [1.29, 1.82) is 0 Å². The smallest absolute Gasteiger partial charge is 0.297 e. The summed E-state index contributed by atoms with van der Waals surface area (Å²) in [5.74, 6) is -0.635. The number of nitrogens with one attached hydrogen (secondary N) is 1. The second kappa shape index (κ2) is 6.78. The number of carbonyl (C=O) groups excluding carboxylic acids is 1. The summed E-state index contributed by atoms with van der Waals surface area (Å²) < 4.78 is 26.7. The number of alkyl halides is 2. The molecule has 6 nitrogen and oxygen atoms in total. The van der Waals surface area contributed by atoms with E-state index in [1.807, 2.05) is 13.8 Å². The SMILES string of the molecule is CC(C)CC(CO)NC(=O)c1ccc2nnc(C(F)F)n2c1. The molecule has 1 unspecified atom stereocenters. The van der Waals surface area contributed by atoms with Crippen LogP contribution in [0, 0.1) is 5.92 Å². The van der Waals surface area contributed by atoms with E-state index in [0.717, 1.165) is 4.40 Å². The second-order valence-electron chi connectivity index (χ2n) is 5.49. The molecule has 1 amide bonds. The lowest BCUT2D eigenvalue weighted by atomic mass is 10.0. The van der Waals surface area contributed by atoms with Gasteiger partial charge < -0.3 is 10.4 Å². The molecule has 120 valence electrons. The van der Waals surface area contributed by atoms with Gasteiger partial charge in [0.2, 0.25) is 5.82 Å². The maximum absolute atomic E-state index is 12.8. The van der Waals surface area contributed by atoms with E-state index in [9.17, 15) is 18.7 Å². The van der Waals surface area contributed by atoms with Crippen LogP contribution in [0.5, 0.6) is 0 Å². The first-order valence-electron chi connectivity index (χ1n) is 6.97. The van der Waals surface area contributed by atoms with Crippen molar-refractivity contribution >= 4 is 11.6 Å². The number of rotatable bonds is 6. The minimum absolute atomic E-state index is 0.179. The number of amides is 1. The largest absolute Gasteiger partial charge is 0.394 e. The minimum atomic E-state index is -2.78. The van der Waals surface area contributed by atoms with Crippen LogP contribution in [0.3, 0.4) is 0 Å². The van der Waals surface area contributed by atoms with Crippen molar-refractivity contribution in [3.05, 3.63) is 29.7 Å². The highest BCUT2D eigenvalue weighted by molar-refractivity contribution is 5.94. The zero-order valence-corrected chi connectivity index (χ0v) is 12.3. The Hall–Kier alpha value is -2.09. The lowest BCUT2D eigenvalue weighted by Crippen LogP contribution is -2.38. The summed E-state index contributed by atoms with van der Waals surface area (Å²) in [5.41, 5.74) is 0.448. The molecule has 0 aliphatic rings. The first-order chi connectivity index (χ1) is 10.4. The Labute approximate surface area is 126 Å². The number of hydrogen-bond acceptors (Lipinski definition) is 4. The molecule has 0 fully saturated rings. The number of nitrogens with zero attached hydrogens (tertiary/aromatic N) is 3. The molecule has 0 spiro atoms. The van der Waals surface area contributed by atoms with Crippen LogP contribution in [-0.2, 0) is 0 Å². The Kier molecular flexibility index (Phi) is 5.02. The molecular weight excluding hydrogens is 294 g/mol. The van der Waals surface area contributed by atoms with Gasteiger partial charge in [0.15, 0.2) is 5.65 Å². The Morgan fingerprint density at radius 1 is 1.36 bits per heavy atom. The summed E-state index contributed by atoms with van der Waals surface area (Å²) in [5, 5.41) is 19.0. The van der Waals surface area contributed by atoms with Gasteiger partial charge in [0.05, 0.1) is 18.2 Å². The third kappa shape index (κ3) is 3.56. The van der Waals surface area contributed by atoms with Gasteiger partial charge in [-0.25, -0.2) is 8.78 Å². The molecule has 0 saturated heterocycles. The molecule has 0 saturated carbocycles. The molecule has 0 aromatic carbocycles. The molecule has 2 rings (SSSR count). The fraction of sp³-hybridized carbons (Fsp3) is 0.500. The van der Waals surface area contributed by atoms with Gasteiger partial charge in [-0.15, -0.1) is 10.2 Å². The number of carbonyl (C=O) groups is 1. The van der Waals surface area contributed by atoms with E-state index in [4.69, 9.17) is 0 Å². The number of halogens is 2. The fourth-order valence-corrected chi connectivity index (χ4v) is 2.21. The average molecular weight is 312 g/mol. The predicted octanol–water partition coefficient (Wildman–Crippen LogP) is 1.80. The topological polar surface area (TPSA) is 79.5 Å². The van der Waals surface area contributed by atoms with Crippen LogP contribution in [0.4, 0.5) is 8.78 Å². The van der Waals surface area contributed by atoms with E-state index in [-0.39, 0.29) is 23.9 Å². The molecule has 2 aromatic heterocycles. The molecular formula is C14H18F2N4O2. The number of aromatic nitrogens is 3. The van der Waals surface area contributed by atoms with Crippen molar-refractivity contribution in [2.75, 3.05) is 6.61 Å². The van der Waals surface area contributed by atoms with Crippen LogP contribution in [0.2, 0.25) is 0 Å². The molecule has 8 heteroatoms. The Balaban J connectivity index is 2.22. The molecule has 0 bridgehead atoms.